The van der Waals surface area contributed by atoms with Gasteiger partial charge in [-0.15, -0.1) is 0 Å². The van der Waals surface area contributed by atoms with Crippen molar-refractivity contribution in [2.45, 2.75) is 44.8 Å². The van der Waals surface area contributed by atoms with E-state index in [1.165, 1.54) is 0 Å². The SMILES string of the molecule is CCC1CCCN1C(=O)C1CC(C(=O)O)=NO1. The third-order valence-corrected chi connectivity index (χ3v) is 3.32. The van der Waals surface area contributed by atoms with Crippen LogP contribution in [0.2, 0.25) is 0 Å². The maximum Gasteiger partial charge on any atom is 0.353 e. The lowest BCUT2D eigenvalue weighted by Gasteiger charge is -2.25. The smallest absolute Gasteiger partial charge is 0.353 e. The Hall–Kier alpha value is -1.59. The van der Waals surface area contributed by atoms with Crippen LogP contribution in [-0.4, -0.2) is 46.3 Å². The van der Waals surface area contributed by atoms with E-state index in [1.54, 1.807) is 4.90 Å². The van der Waals surface area contributed by atoms with Gasteiger partial charge in [0.25, 0.3) is 5.91 Å². The summed E-state index contributed by atoms with van der Waals surface area (Å²) in [4.78, 5) is 29.5. The zero-order valence-corrected chi connectivity index (χ0v) is 9.76. The van der Waals surface area contributed by atoms with Crippen molar-refractivity contribution in [3.05, 3.63) is 0 Å². The molecule has 1 fully saturated rings. The minimum atomic E-state index is -1.12. The van der Waals surface area contributed by atoms with Gasteiger partial charge in [0.2, 0.25) is 6.10 Å². The van der Waals surface area contributed by atoms with Crippen LogP contribution in [0.15, 0.2) is 5.16 Å². The van der Waals surface area contributed by atoms with Crippen molar-refractivity contribution < 1.29 is 19.5 Å². The van der Waals surface area contributed by atoms with E-state index in [1.807, 2.05) is 6.92 Å². The highest BCUT2D eigenvalue weighted by molar-refractivity contribution is 6.36. The summed E-state index contributed by atoms with van der Waals surface area (Å²) in [5, 5.41) is 12.2. The highest BCUT2D eigenvalue weighted by Gasteiger charge is 2.37. The molecule has 0 aromatic rings. The van der Waals surface area contributed by atoms with Gasteiger partial charge in [-0.2, -0.15) is 0 Å². The number of amides is 1. The molecule has 0 radical (unpaired) electrons. The molecule has 2 rings (SSSR count). The topological polar surface area (TPSA) is 79.2 Å². The Balaban J connectivity index is 1.96. The quantitative estimate of drug-likeness (QED) is 0.784. The summed E-state index contributed by atoms with van der Waals surface area (Å²) in [7, 11) is 0. The van der Waals surface area contributed by atoms with Crippen LogP contribution in [-0.2, 0) is 14.4 Å². The maximum absolute atomic E-state index is 12.1. The van der Waals surface area contributed by atoms with Crippen LogP contribution in [0.5, 0.6) is 0 Å². The molecule has 2 aliphatic heterocycles. The maximum atomic E-state index is 12.1. The minimum absolute atomic E-state index is 0.0705. The molecule has 2 unspecified atom stereocenters. The molecule has 2 heterocycles. The summed E-state index contributed by atoms with van der Waals surface area (Å²) in [6.07, 6.45) is 2.27. The lowest BCUT2D eigenvalue weighted by Crippen LogP contribution is -2.42. The van der Waals surface area contributed by atoms with Crippen molar-refractivity contribution >= 4 is 17.6 Å². The van der Waals surface area contributed by atoms with Gasteiger partial charge in [0.1, 0.15) is 0 Å². The van der Waals surface area contributed by atoms with Gasteiger partial charge in [-0.25, -0.2) is 4.79 Å². The average Bonchev–Trinajstić information content (AvgIpc) is 2.96. The highest BCUT2D eigenvalue weighted by Crippen LogP contribution is 2.23. The number of rotatable bonds is 3. The van der Waals surface area contributed by atoms with Gasteiger partial charge in [-0.3, -0.25) is 4.79 Å². The minimum Gasteiger partial charge on any atom is -0.477 e. The van der Waals surface area contributed by atoms with E-state index in [9.17, 15) is 9.59 Å². The molecule has 2 atom stereocenters. The largest absolute Gasteiger partial charge is 0.477 e. The van der Waals surface area contributed by atoms with Crippen LogP contribution in [0, 0.1) is 0 Å². The number of carboxylic acid groups (broad SMARTS) is 1. The Bertz CT molecular complexity index is 366. The number of carboxylic acids is 1. The second-order valence-electron chi connectivity index (χ2n) is 4.38. The molecular formula is C11H16N2O4. The van der Waals surface area contributed by atoms with Gasteiger partial charge in [-0.1, -0.05) is 12.1 Å². The Kier molecular flexibility index (Phi) is 3.31. The van der Waals surface area contributed by atoms with Gasteiger partial charge in [0.15, 0.2) is 5.71 Å². The highest BCUT2D eigenvalue weighted by atomic mass is 16.6. The monoisotopic (exact) mass is 240 g/mol. The van der Waals surface area contributed by atoms with E-state index in [4.69, 9.17) is 9.94 Å². The number of nitrogens with zero attached hydrogens (tertiary/aromatic N) is 2. The van der Waals surface area contributed by atoms with Gasteiger partial charge in [0.05, 0.1) is 0 Å². The molecule has 6 nitrogen and oxygen atoms in total. The third-order valence-electron chi connectivity index (χ3n) is 3.32. The Morgan fingerprint density at radius 3 is 2.94 bits per heavy atom. The normalized spacial score (nSPS) is 27.8. The first-order valence-corrected chi connectivity index (χ1v) is 5.90. The first-order chi connectivity index (χ1) is 8.13. The number of likely N-dealkylation sites (tertiary alicyclic amines) is 1. The molecule has 6 heteroatoms. The van der Waals surface area contributed by atoms with E-state index in [2.05, 4.69) is 5.16 Å². The molecular weight excluding hydrogens is 224 g/mol. The number of aliphatic carboxylic acids is 1. The summed E-state index contributed by atoms with van der Waals surface area (Å²) >= 11 is 0. The predicted octanol–water partition coefficient (Wildman–Crippen LogP) is 0.617. The number of hydrogen-bond donors (Lipinski definition) is 1. The molecule has 0 spiro atoms. The van der Waals surface area contributed by atoms with Crippen LogP contribution in [0.4, 0.5) is 0 Å². The zero-order valence-electron chi connectivity index (χ0n) is 9.76. The zero-order chi connectivity index (χ0) is 12.4. The average molecular weight is 240 g/mol. The summed E-state index contributed by atoms with van der Waals surface area (Å²) in [5.74, 6) is -1.25. The van der Waals surface area contributed by atoms with Crippen molar-refractivity contribution in [3.8, 4) is 0 Å². The Morgan fingerprint density at radius 1 is 1.59 bits per heavy atom. The van der Waals surface area contributed by atoms with Crippen LogP contribution < -0.4 is 0 Å². The molecule has 94 valence electrons. The Labute approximate surface area is 99.2 Å². The molecule has 0 aromatic carbocycles. The van der Waals surface area contributed by atoms with Gasteiger partial charge in [-0.05, 0) is 19.3 Å². The van der Waals surface area contributed by atoms with Crippen LogP contribution in [0.1, 0.15) is 32.6 Å². The number of oxime groups is 1. The molecule has 2 aliphatic rings. The second-order valence-corrected chi connectivity index (χ2v) is 4.38. The fourth-order valence-electron chi connectivity index (χ4n) is 2.37. The van der Waals surface area contributed by atoms with Gasteiger partial charge in [0, 0.05) is 19.0 Å². The predicted molar refractivity (Wildman–Crippen MR) is 59.6 cm³/mol. The first kappa shape index (κ1) is 11.9. The van der Waals surface area contributed by atoms with E-state index >= 15 is 0 Å². The molecule has 0 saturated carbocycles. The van der Waals surface area contributed by atoms with Crippen LogP contribution in [0.3, 0.4) is 0 Å². The van der Waals surface area contributed by atoms with Crippen molar-refractivity contribution in [1.29, 1.82) is 0 Å². The number of hydrogen-bond acceptors (Lipinski definition) is 4. The second kappa shape index (κ2) is 4.73. The van der Waals surface area contributed by atoms with E-state index in [-0.39, 0.29) is 24.1 Å². The summed E-state index contributed by atoms with van der Waals surface area (Å²) in [6, 6.07) is 0.264. The fraction of sp³-hybridized carbons (Fsp3) is 0.727. The van der Waals surface area contributed by atoms with Crippen molar-refractivity contribution in [3.63, 3.8) is 0 Å². The lowest BCUT2D eigenvalue weighted by atomic mass is 10.1. The molecule has 0 bridgehead atoms. The molecule has 0 aliphatic carbocycles. The number of carbonyl (C=O) groups is 2. The van der Waals surface area contributed by atoms with E-state index in [0.29, 0.717) is 0 Å². The van der Waals surface area contributed by atoms with Crippen LogP contribution in [0.25, 0.3) is 0 Å². The van der Waals surface area contributed by atoms with Gasteiger partial charge < -0.3 is 14.8 Å². The molecule has 0 aromatic heterocycles. The Morgan fingerprint density at radius 2 is 2.35 bits per heavy atom. The van der Waals surface area contributed by atoms with E-state index in [0.717, 1.165) is 25.8 Å². The lowest BCUT2D eigenvalue weighted by molar-refractivity contribution is -0.143. The molecule has 1 saturated heterocycles. The third kappa shape index (κ3) is 2.25. The fourth-order valence-corrected chi connectivity index (χ4v) is 2.37. The van der Waals surface area contributed by atoms with Crippen molar-refractivity contribution in [2.24, 2.45) is 5.16 Å². The summed E-state index contributed by atoms with van der Waals surface area (Å²) in [5.41, 5.74) is -0.0735. The molecule has 1 amide bonds. The van der Waals surface area contributed by atoms with Gasteiger partial charge >= 0.3 is 5.97 Å². The number of carbonyl (C=O) groups excluding carboxylic acids is 1. The van der Waals surface area contributed by atoms with Crippen molar-refractivity contribution in [2.75, 3.05) is 6.54 Å². The standard InChI is InChI=1S/C11H16N2O4/c1-2-7-4-3-5-13(7)10(14)9-6-8(11(15)16)12-17-9/h7,9H,2-6H2,1H3,(H,15,16). The summed E-state index contributed by atoms with van der Waals surface area (Å²) < 4.78 is 0. The first-order valence-electron chi connectivity index (χ1n) is 5.90. The molecule has 17 heavy (non-hydrogen) atoms. The summed E-state index contributed by atoms with van der Waals surface area (Å²) in [6.45, 7) is 2.78. The van der Waals surface area contributed by atoms with E-state index < -0.39 is 12.1 Å². The molecule has 1 N–H and O–H groups in total. The van der Waals surface area contributed by atoms with Crippen molar-refractivity contribution in [1.82, 2.24) is 4.90 Å². The van der Waals surface area contributed by atoms with Crippen LogP contribution >= 0.6 is 0 Å².